The van der Waals surface area contributed by atoms with E-state index in [9.17, 15) is 0 Å². The zero-order chi connectivity index (χ0) is 13.8. The maximum Gasteiger partial charge on any atom is 0.0320 e. The highest BCUT2D eigenvalue weighted by atomic mass is 79.9. The van der Waals surface area contributed by atoms with Gasteiger partial charge in [0.1, 0.15) is 0 Å². The van der Waals surface area contributed by atoms with Gasteiger partial charge in [-0.25, -0.2) is 0 Å². The highest BCUT2D eigenvalue weighted by molar-refractivity contribution is 9.10. The number of rotatable bonds is 5. The van der Waals surface area contributed by atoms with Crippen LogP contribution in [0.4, 0.5) is 0 Å². The van der Waals surface area contributed by atoms with Crippen LogP contribution in [-0.2, 0) is 6.54 Å². The molecule has 3 heteroatoms. The Bertz CT molecular complexity index is 511. The molecule has 2 aromatic rings. The monoisotopic (exact) mass is 337 g/mol. The van der Waals surface area contributed by atoms with Gasteiger partial charge < -0.3 is 5.32 Å². The second-order valence-corrected chi connectivity index (χ2v) is 7.10. The molecule has 0 aliphatic carbocycles. The van der Waals surface area contributed by atoms with Gasteiger partial charge in [0.15, 0.2) is 0 Å². The van der Waals surface area contributed by atoms with Crippen molar-refractivity contribution in [1.29, 1.82) is 0 Å². The molecule has 0 fully saturated rings. The highest BCUT2D eigenvalue weighted by Gasteiger charge is 2.09. The first-order chi connectivity index (χ1) is 9.10. The van der Waals surface area contributed by atoms with E-state index in [4.69, 9.17) is 0 Å². The maximum atomic E-state index is 3.66. The molecule has 1 unspecified atom stereocenters. The van der Waals surface area contributed by atoms with E-state index >= 15 is 0 Å². The van der Waals surface area contributed by atoms with Crippen LogP contribution in [0.3, 0.4) is 0 Å². The predicted octanol–water partition coefficient (Wildman–Crippen LogP) is 5.37. The van der Waals surface area contributed by atoms with E-state index in [2.05, 4.69) is 72.3 Å². The van der Waals surface area contributed by atoms with Crippen LogP contribution in [0.1, 0.15) is 40.3 Å². The predicted molar refractivity (Wildman–Crippen MR) is 87.8 cm³/mol. The summed E-state index contributed by atoms with van der Waals surface area (Å²) in [6, 6.07) is 11.3. The molecule has 1 aromatic carbocycles. The summed E-state index contributed by atoms with van der Waals surface area (Å²) in [6.07, 6.45) is 1.10. The van der Waals surface area contributed by atoms with Crippen molar-refractivity contribution in [2.45, 2.75) is 39.8 Å². The Morgan fingerprint density at radius 1 is 1.21 bits per heavy atom. The molecule has 19 heavy (non-hydrogen) atoms. The molecule has 0 aliphatic rings. The van der Waals surface area contributed by atoms with Gasteiger partial charge in [0.25, 0.3) is 0 Å². The zero-order valence-electron chi connectivity index (χ0n) is 11.7. The van der Waals surface area contributed by atoms with E-state index in [0.29, 0.717) is 6.04 Å². The SMILES string of the molecule is CCC(NCc1cc(C)c(C)s1)c1ccc(Br)cc1. The van der Waals surface area contributed by atoms with E-state index in [-0.39, 0.29) is 0 Å². The highest BCUT2D eigenvalue weighted by Crippen LogP contribution is 2.23. The van der Waals surface area contributed by atoms with Gasteiger partial charge in [-0.15, -0.1) is 11.3 Å². The molecule has 1 heterocycles. The van der Waals surface area contributed by atoms with E-state index < -0.39 is 0 Å². The van der Waals surface area contributed by atoms with Gasteiger partial charge in [-0.05, 0) is 49.6 Å². The summed E-state index contributed by atoms with van der Waals surface area (Å²) in [5.41, 5.74) is 2.76. The van der Waals surface area contributed by atoms with Gasteiger partial charge in [0.05, 0.1) is 0 Å². The van der Waals surface area contributed by atoms with Gasteiger partial charge in [-0.1, -0.05) is 35.0 Å². The van der Waals surface area contributed by atoms with Gasteiger partial charge in [-0.3, -0.25) is 0 Å². The molecule has 0 spiro atoms. The summed E-state index contributed by atoms with van der Waals surface area (Å²) in [6.45, 7) is 7.55. The van der Waals surface area contributed by atoms with Crippen LogP contribution < -0.4 is 5.32 Å². The van der Waals surface area contributed by atoms with Gasteiger partial charge in [0.2, 0.25) is 0 Å². The smallest absolute Gasteiger partial charge is 0.0320 e. The number of hydrogen-bond acceptors (Lipinski definition) is 2. The van der Waals surface area contributed by atoms with Crippen molar-refractivity contribution >= 4 is 27.3 Å². The lowest BCUT2D eigenvalue weighted by atomic mass is 10.0. The molecule has 102 valence electrons. The number of thiophene rings is 1. The molecule has 0 radical (unpaired) electrons. The Hall–Kier alpha value is -0.640. The van der Waals surface area contributed by atoms with E-state index in [1.165, 1.54) is 20.9 Å². The number of halogens is 1. The summed E-state index contributed by atoms with van der Waals surface area (Å²) in [5.74, 6) is 0. The first kappa shape index (κ1) is 14.8. The lowest BCUT2D eigenvalue weighted by Crippen LogP contribution is -2.19. The Labute approximate surface area is 128 Å². The number of hydrogen-bond donors (Lipinski definition) is 1. The molecule has 1 aromatic heterocycles. The van der Waals surface area contributed by atoms with Crippen molar-refractivity contribution in [3.05, 3.63) is 55.7 Å². The summed E-state index contributed by atoms with van der Waals surface area (Å²) < 4.78 is 1.13. The van der Waals surface area contributed by atoms with E-state index in [1.54, 1.807) is 0 Å². The Morgan fingerprint density at radius 2 is 1.89 bits per heavy atom. The largest absolute Gasteiger partial charge is 0.305 e. The first-order valence-electron chi connectivity index (χ1n) is 6.65. The van der Waals surface area contributed by atoms with Gasteiger partial charge >= 0.3 is 0 Å². The van der Waals surface area contributed by atoms with E-state index in [1.807, 2.05) is 11.3 Å². The molecule has 0 saturated carbocycles. The average molecular weight is 338 g/mol. The van der Waals surface area contributed by atoms with Gasteiger partial charge in [0, 0.05) is 26.8 Å². The van der Waals surface area contributed by atoms with Crippen molar-refractivity contribution < 1.29 is 0 Å². The van der Waals surface area contributed by atoms with Crippen molar-refractivity contribution in [1.82, 2.24) is 5.32 Å². The van der Waals surface area contributed by atoms with Crippen LogP contribution in [-0.4, -0.2) is 0 Å². The quantitative estimate of drug-likeness (QED) is 0.773. The molecule has 1 N–H and O–H groups in total. The molecular weight excluding hydrogens is 318 g/mol. The first-order valence-corrected chi connectivity index (χ1v) is 8.26. The van der Waals surface area contributed by atoms with Crippen LogP contribution >= 0.6 is 27.3 Å². The van der Waals surface area contributed by atoms with Crippen molar-refractivity contribution in [2.24, 2.45) is 0 Å². The molecule has 1 nitrogen and oxygen atoms in total. The van der Waals surface area contributed by atoms with Crippen LogP contribution in [0.5, 0.6) is 0 Å². The van der Waals surface area contributed by atoms with Crippen LogP contribution in [0.2, 0.25) is 0 Å². The second kappa shape index (κ2) is 6.69. The minimum absolute atomic E-state index is 0.427. The summed E-state index contributed by atoms with van der Waals surface area (Å²) in [4.78, 5) is 2.85. The second-order valence-electron chi connectivity index (χ2n) is 4.85. The van der Waals surface area contributed by atoms with Crippen LogP contribution in [0.25, 0.3) is 0 Å². The van der Waals surface area contributed by atoms with Crippen molar-refractivity contribution in [3.63, 3.8) is 0 Å². The average Bonchev–Trinajstić information content (AvgIpc) is 2.71. The minimum atomic E-state index is 0.427. The molecule has 0 amide bonds. The maximum absolute atomic E-state index is 3.66. The fraction of sp³-hybridized carbons (Fsp3) is 0.375. The Kier molecular flexibility index (Phi) is 5.20. The Morgan fingerprint density at radius 3 is 2.42 bits per heavy atom. The standard InChI is InChI=1S/C16H20BrNS/c1-4-16(13-5-7-14(17)8-6-13)18-10-15-9-11(2)12(3)19-15/h5-9,16,18H,4,10H2,1-3H3. The lowest BCUT2D eigenvalue weighted by Gasteiger charge is -2.17. The molecule has 2 rings (SSSR count). The molecule has 1 atom stereocenters. The van der Waals surface area contributed by atoms with Gasteiger partial charge in [-0.2, -0.15) is 0 Å². The third-order valence-electron chi connectivity index (χ3n) is 3.42. The Balaban J connectivity index is 2.01. The third-order valence-corrected chi connectivity index (χ3v) is 5.10. The lowest BCUT2D eigenvalue weighted by molar-refractivity contribution is 0.522. The van der Waals surface area contributed by atoms with Crippen LogP contribution in [0.15, 0.2) is 34.8 Å². The fourth-order valence-electron chi connectivity index (χ4n) is 2.15. The molecular formula is C16H20BrNS. The van der Waals surface area contributed by atoms with Crippen LogP contribution in [0, 0.1) is 13.8 Å². The molecule has 0 aliphatic heterocycles. The minimum Gasteiger partial charge on any atom is -0.305 e. The summed E-state index contributed by atoms with van der Waals surface area (Å²) in [5, 5.41) is 3.66. The van der Waals surface area contributed by atoms with Crippen molar-refractivity contribution in [3.8, 4) is 0 Å². The summed E-state index contributed by atoms with van der Waals surface area (Å²) in [7, 11) is 0. The normalized spacial score (nSPS) is 12.6. The fourth-order valence-corrected chi connectivity index (χ4v) is 3.42. The molecule has 0 bridgehead atoms. The van der Waals surface area contributed by atoms with Crippen molar-refractivity contribution in [2.75, 3.05) is 0 Å². The third kappa shape index (κ3) is 3.91. The number of aryl methyl sites for hydroxylation is 2. The topological polar surface area (TPSA) is 12.0 Å². The van der Waals surface area contributed by atoms with E-state index in [0.717, 1.165) is 17.4 Å². The number of benzene rings is 1. The number of nitrogens with one attached hydrogen (secondary N) is 1. The summed E-state index contributed by atoms with van der Waals surface area (Å²) >= 11 is 5.38. The zero-order valence-corrected chi connectivity index (χ0v) is 14.1. The molecule has 0 saturated heterocycles.